The van der Waals surface area contributed by atoms with Crippen molar-refractivity contribution in [3.05, 3.63) is 33.2 Å². The van der Waals surface area contributed by atoms with E-state index in [2.05, 4.69) is 15.9 Å². The minimum absolute atomic E-state index is 0.291. The first-order chi connectivity index (χ1) is 6.83. The molecule has 0 aliphatic rings. The van der Waals surface area contributed by atoms with Crippen LogP contribution in [0.2, 0.25) is 0 Å². The molecular weight excluding hydrogens is 266 g/mol. The Bertz CT molecular complexity index is 438. The molecule has 15 heavy (non-hydrogen) atoms. The Labute approximate surface area is 94.1 Å². The first-order valence-electron chi connectivity index (χ1n) is 4.15. The topological polar surface area (TPSA) is 79.5 Å². The van der Waals surface area contributed by atoms with Crippen LogP contribution in [0.3, 0.4) is 0 Å². The molecule has 1 unspecified atom stereocenters. The number of rotatable bonds is 3. The smallest absolute Gasteiger partial charge is 0.337 e. The third kappa shape index (κ3) is 2.90. The van der Waals surface area contributed by atoms with E-state index in [0.29, 0.717) is 4.47 Å². The molecular formula is C9H10BrNO4. The lowest BCUT2D eigenvalue weighted by Crippen LogP contribution is -2.42. The summed E-state index contributed by atoms with van der Waals surface area (Å²) in [6, 6.07) is 2.84. The first-order valence-corrected chi connectivity index (χ1v) is 4.94. The molecule has 0 radical (unpaired) electrons. The second-order valence-corrected chi connectivity index (χ2v) is 4.31. The maximum absolute atomic E-state index is 11.3. The zero-order valence-electron chi connectivity index (χ0n) is 7.98. The summed E-state index contributed by atoms with van der Waals surface area (Å²) in [6.07, 6.45) is 1.43. The highest BCUT2D eigenvalue weighted by Crippen LogP contribution is 2.09. The Balaban J connectivity index is 3.04. The molecule has 0 fully saturated rings. The van der Waals surface area contributed by atoms with Crippen LogP contribution in [0.15, 0.2) is 27.6 Å². The van der Waals surface area contributed by atoms with Gasteiger partial charge in [-0.15, -0.1) is 0 Å². The predicted octanol–water partition coefficient (Wildman–Crippen LogP) is 0.446. The van der Waals surface area contributed by atoms with Crippen LogP contribution in [0.25, 0.3) is 0 Å². The molecule has 0 aromatic carbocycles. The number of hydrogen-bond donors (Lipinski definition) is 2. The molecule has 0 saturated carbocycles. The van der Waals surface area contributed by atoms with E-state index in [1.165, 1.54) is 12.3 Å². The van der Waals surface area contributed by atoms with Crippen LogP contribution in [-0.2, 0) is 11.3 Å². The van der Waals surface area contributed by atoms with Gasteiger partial charge in [0.25, 0.3) is 5.56 Å². The average molecular weight is 276 g/mol. The summed E-state index contributed by atoms with van der Waals surface area (Å²) in [7, 11) is 0. The maximum atomic E-state index is 11.3. The van der Waals surface area contributed by atoms with E-state index in [1.807, 2.05) is 0 Å². The Morgan fingerprint density at radius 2 is 2.20 bits per heavy atom. The predicted molar refractivity (Wildman–Crippen MR) is 56.7 cm³/mol. The number of carbonyl (C=O) groups is 1. The van der Waals surface area contributed by atoms with Gasteiger partial charge in [0.05, 0.1) is 6.54 Å². The van der Waals surface area contributed by atoms with Crippen molar-refractivity contribution in [3.63, 3.8) is 0 Å². The van der Waals surface area contributed by atoms with Gasteiger partial charge in [0, 0.05) is 16.7 Å². The van der Waals surface area contributed by atoms with Crippen molar-refractivity contribution < 1.29 is 15.0 Å². The molecule has 2 N–H and O–H groups in total. The monoisotopic (exact) mass is 275 g/mol. The number of hydrogen-bond acceptors (Lipinski definition) is 3. The minimum atomic E-state index is -1.95. The SMILES string of the molecule is CC(O)(Cn1cc(Br)ccc1=O)C(=O)O. The van der Waals surface area contributed by atoms with Crippen molar-refractivity contribution in [2.75, 3.05) is 0 Å². The van der Waals surface area contributed by atoms with E-state index < -0.39 is 11.6 Å². The number of nitrogens with zero attached hydrogens (tertiary/aromatic N) is 1. The Hall–Kier alpha value is -1.14. The van der Waals surface area contributed by atoms with Crippen molar-refractivity contribution >= 4 is 21.9 Å². The summed E-state index contributed by atoms with van der Waals surface area (Å²) >= 11 is 3.15. The zero-order valence-corrected chi connectivity index (χ0v) is 9.56. The molecule has 1 heterocycles. The van der Waals surface area contributed by atoms with Crippen LogP contribution in [0, 0.1) is 0 Å². The first kappa shape index (κ1) is 11.9. The lowest BCUT2D eigenvalue weighted by Gasteiger charge is -2.18. The van der Waals surface area contributed by atoms with Gasteiger partial charge in [-0.2, -0.15) is 0 Å². The van der Waals surface area contributed by atoms with E-state index >= 15 is 0 Å². The molecule has 0 amide bonds. The highest BCUT2D eigenvalue weighted by molar-refractivity contribution is 9.10. The number of halogens is 1. The normalized spacial score (nSPS) is 14.6. The third-order valence-electron chi connectivity index (χ3n) is 1.89. The Kier molecular flexibility index (Phi) is 3.31. The summed E-state index contributed by atoms with van der Waals surface area (Å²) < 4.78 is 1.78. The molecule has 1 aromatic heterocycles. The van der Waals surface area contributed by atoms with Crippen molar-refractivity contribution in [2.24, 2.45) is 0 Å². The maximum Gasteiger partial charge on any atom is 0.337 e. The summed E-state index contributed by atoms with van der Waals surface area (Å²) in [5.41, 5.74) is -2.32. The van der Waals surface area contributed by atoms with Gasteiger partial charge in [-0.1, -0.05) is 0 Å². The largest absolute Gasteiger partial charge is 0.479 e. The number of aliphatic carboxylic acids is 1. The molecule has 6 heteroatoms. The standard InChI is InChI=1S/C9H10BrNO4/c1-9(15,8(13)14)5-11-4-6(10)2-3-7(11)12/h2-4,15H,5H2,1H3,(H,13,14). The quantitative estimate of drug-likeness (QED) is 0.839. The molecule has 82 valence electrons. The summed E-state index contributed by atoms with van der Waals surface area (Å²) in [6.45, 7) is 0.850. The molecule has 0 aliphatic heterocycles. The average Bonchev–Trinajstić information content (AvgIpc) is 2.10. The number of aliphatic hydroxyl groups is 1. The van der Waals surface area contributed by atoms with Crippen LogP contribution in [-0.4, -0.2) is 26.4 Å². The summed E-state index contributed by atoms with van der Waals surface area (Å²) in [5.74, 6) is -1.37. The van der Waals surface area contributed by atoms with Crippen LogP contribution in [0.1, 0.15) is 6.92 Å². The summed E-state index contributed by atoms with van der Waals surface area (Å²) in [4.78, 5) is 22.0. The van der Waals surface area contributed by atoms with Crippen molar-refractivity contribution in [1.82, 2.24) is 4.57 Å². The van der Waals surface area contributed by atoms with E-state index in [4.69, 9.17) is 5.11 Å². The molecule has 1 atom stereocenters. The van der Waals surface area contributed by atoms with E-state index in [-0.39, 0.29) is 12.1 Å². The number of pyridine rings is 1. The fourth-order valence-electron chi connectivity index (χ4n) is 1.03. The van der Waals surface area contributed by atoms with Crippen LogP contribution in [0.5, 0.6) is 0 Å². The second kappa shape index (κ2) is 4.16. The molecule has 1 aromatic rings. The zero-order chi connectivity index (χ0) is 11.6. The van der Waals surface area contributed by atoms with Gasteiger partial charge < -0.3 is 14.8 Å². The third-order valence-corrected chi connectivity index (χ3v) is 2.36. The lowest BCUT2D eigenvalue weighted by atomic mass is 10.1. The van der Waals surface area contributed by atoms with Gasteiger partial charge in [0.1, 0.15) is 0 Å². The van der Waals surface area contributed by atoms with Crippen LogP contribution in [0.4, 0.5) is 0 Å². The summed E-state index contributed by atoms with van der Waals surface area (Å²) in [5, 5.41) is 18.2. The van der Waals surface area contributed by atoms with E-state index in [0.717, 1.165) is 11.5 Å². The number of aromatic nitrogens is 1. The molecule has 0 spiro atoms. The van der Waals surface area contributed by atoms with Crippen molar-refractivity contribution in [1.29, 1.82) is 0 Å². The highest BCUT2D eigenvalue weighted by Gasteiger charge is 2.30. The molecule has 5 nitrogen and oxygen atoms in total. The minimum Gasteiger partial charge on any atom is -0.479 e. The van der Waals surface area contributed by atoms with Crippen LogP contribution < -0.4 is 5.56 Å². The lowest BCUT2D eigenvalue weighted by molar-refractivity contribution is -0.157. The van der Waals surface area contributed by atoms with Crippen molar-refractivity contribution in [3.8, 4) is 0 Å². The molecule has 0 aliphatic carbocycles. The van der Waals surface area contributed by atoms with Crippen molar-refractivity contribution in [2.45, 2.75) is 19.1 Å². The fraction of sp³-hybridized carbons (Fsp3) is 0.333. The number of carboxylic acids is 1. The second-order valence-electron chi connectivity index (χ2n) is 3.39. The van der Waals surface area contributed by atoms with Gasteiger partial charge in [0.15, 0.2) is 5.60 Å². The van der Waals surface area contributed by atoms with Gasteiger partial charge in [-0.25, -0.2) is 4.79 Å². The Morgan fingerprint density at radius 3 is 2.73 bits per heavy atom. The van der Waals surface area contributed by atoms with Gasteiger partial charge in [0.2, 0.25) is 0 Å². The van der Waals surface area contributed by atoms with E-state index in [9.17, 15) is 14.7 Å². The molecule has 0 saturated heterocycles. The van der Waals surface area contributed by atoms with Gasteiger partial charge >= 0.3 is 5.97 Å². The Morgan fingerprint density at radius 1 is 1.60 bits per heavy atom. The molecule has 0 bridgehead atoms. The van der Waals surface area contributed by atoms with Crippen LogP contribution >= 0.6 is 15.9 Å². The van der Waals surface area contributed by atoms with Gasteiger partial charge in [-0.3, -0.25) is 4.79 Å². The molecule has 1 rings (SSSR count). The van der Waals surface area contributed by atoms with Gasteiger partial charge in [-0.05, 0) is 28.9 Å². The highest BCUT2D eigenvalue weighted by atomic mass is 79.9. The van der Waals surface area contributed by atoms with E-state index in [1.54, 1.807) is 6.07 Å². The number of carboxylic acid groups (broad SMARTS) is 1. The fourth-order valence-corrected chi connectivity index (χ4v) is 1.40.